The van der Waals surface area contributed by atoms with E-state index in [1.165, 1.54) is 0 Å². The molecule has 0 saturated carbocycles. The number of ether oxygens (including phenoxy) is 1. The van der Waals surface area contributed by atoms with E-state index in [0.29, 0.717) is 16.7 Å². The third kappa shape index (κ3) is 8.01. The van der Waals surface area contributed by atoms with Crippen LogP contribution in [0.25, 0.3) is 0 Å². The Balaban J connectivity index is 1.67. The van der Waals surface area contributed by atoms with Crippen molar-refractivity contribution in [2.24, 2.45) is 0 Å². The summed E-state index contributed by atoms with van der Waals surface area (Å²) in [5.74, 6) is 0. The zero-order valence-electron chi connectivity index (χ0n) is 26.6. The van der Waals surface area contributed by atoms with Gasteiger partial charge in [0.05, 0.1) is 25.1 Å². The zero-order chi connectivity index (χ0) is 33.5. The predicted octanol–water partition coefficient (Wildman–Crippen LogP) is 4.04. The normalized spacial score (nSPS) is 26.9. The summed E-state index contributed by atoms with van der Waals surface area (Å²) in [5, 5.41) is 51.4. The summed E-state index contributed by atoms with van der Waals surface area (Å²) in [6, 6.07) is 36.8. The molecule has 0 bridgehead atoms. The minimum atomic E-state index is -3.71. The average Bonchev–Trinajstić information content (AvgIpc) is 3.05. The monoisotopic (exact) mass is 660 g/mol. The van der Waals surface area contributed by atoms with Crippen LogP contribution in [-0.4, -0.2) is 76.8 Å². The molecule has 0 amide bonds. The molecule has 250 valence electrons. The summed E-state index contributed by atoms with van der Waals surface area (Å²) in [4.78, 5) is 0. The van der Waals surface area contributed by atoms with E-state index in [1.807, 2.05) is 121 Å². The molecule has 4 aromatic rings. The van der Waals surface area contributed by atoms with Gasteiger partial charge in [-0.1, -0.05) is 121 Å². The van der Waals surface area contributed by atoms with Crippen LogP contribution in [0.1, 0.15) is 35.1 Å². The van der Waals surface area contributed by atoms with Crippen molar-refractivity contribution in [3.8, 4) is 0 Å². The van der Waals surface area contributed by atoms with Gasteiger partial charge in [0.1, 0.15) is 22.9 Å². The van der Waals surface area contributed by atoms with Gasteiger partial charge >= 0.3 is 0 Å². The lowest BCUT2D eigenvalue weighted by Crippen LogP contribution is -2.83. The van der Waals surface area contributed by atoms with Gasteiger partial charge in [0.15, 0.2) is 0 Å². The standard InChI is InChI=1S/C38H44O8S/c1-47(43,44)45-24-14-23-34-36(40,26-30-17-8-3-9-18-30)38(42,28-32-21-12-5-13-22-32)37(41,27-31-19-10-4-11-20-31)35(46-34)33(39)25-29-15-6-2-7-16-29/h2-13,15-22,33-35,39-42H,14,23-28H2,1H3/t33?,34-,35+,36-,37+,38+/m0/s1. The number of benzene rings is 4. The van der Waals surface area contributed by atoms with Crippen LogP contribution in [0.2, 0.25) is 0 Å². The van der Waals surface area contributed by atoms with Crippen molar-refractivity contribution in [2.75, 3.05) is 12.9 Å². The Kier molecular flexibility index (Phi) is 11.0. The molecule has 0 spiro atoms. The molecule has 4 aromatic carbocycles. The van der Waals surface area contributed by atoms with Gasteiger partial charge in [-0.15, -0.1) is 0 Å². The predicted molar refractivity (Wildman–Crippen MR) is 180 cm³/mol. The lowest BCUT2D eigenvalue weighted by atomic mass is 9.57. The summed E-state index contributed by atoms with van der Waals surface area (Å²) in [6.45, 7) is -0.164. The highest BCUT2D eigenvalue weighted by atomic mass is 32.2. The fraction of sp³-hybridized carbons (Fsp3) is 0.368. The van der Waals surface area contributed by atoms with Crippen LogP contribution in [0.4, 0.5) is 0 Å². The van der Waals surface area contributed by atoms with Crippen LogP contribution in [-0.2, 0) is 44.7 Å². The molecular weight excluding hydrogens is 616 g/mol. The molecule has 0 aliphatic carbocycles. The molecule has 9 heteroatoms. The quantitative estimate of drug-likeness (QED) is 0.118. The maximum Gasteiger partial charge on any atom is 0.264 e. The van der Waals surface area contributed by atoms with E-state index in [2.05, 4.69) is 0 Å². The van der Waals surface area contributed by atoms with Crippen LogP contribution in [0.5, 0.6) is 0 Å². The van der Waals surface area contributed by atoms with E-state index in [9.17, 15) is 28.8 Å². The number of hydrogen-bond acceptors (Lipinski definition) is 8. The fourth-order valence-electron chi connectivity index (χ4n) is 6.95. The molecule has 5 rings (SSSR count). The Labute approximate surface area is 277 Å². The first-order valence-electron chi connectivity index (χ1n) is 15.9. The maximum atomic E-state index is 13.3. The molecule has 1 unspecified atom stereocenters. The van der Waals surface area contributed by atoms with Gasteiger partial charge in [0.25, 0.3) is 10.1 Å². The molecule has 0 aromatic heterocycles. The molecule has 4 N–H and O–H groups in total. The number of hydrogen-bond donors (Lipinski definition) is 4. The van der Waals surface area contributed by atoms with E-state index in [4.69, 9.17) is 8.92 Å². The lowest BCUT2D eigenvalue weighted by Gasteiger charge is -2.62. The summed E-state index contributed by atoms with van der Waals surface area (Å²) >= 11 is 0. The van der Waals surface area contributed by atoms with Crippen LogP contribution in [0.3, 0.4) is 0 Å². The lowest BCUT2D eigenvalue weighted by molar-refractivity contribution is -0.366. The van der Waals surface area contributed by atoms with E-state index >= 15 is 0 Å². The van der Waals surface area contributed by atoms with Crippen molar-refractivity contribution in [3.05, 3.63) is 144 Å². The third-order valence-corrected chi connectivity index (χ3v) is 9.82. The smallest absolute Gasteiger partial charge is 0.264 e. The molecule has 1 aliphatic rings. The number of aliphatic hydroxyl groups is 4. The third-order valence-electron chi connectivity index (χ3n) is 9.23. The van der Waals surface area contributed by atoms with Gasteiger partial charge in [-0.25, -0.2) is 0 Å². The van der Waals surface area contributed by atoms with Gasteiger partial charge in [0, 0.05) is 25.7 Å². The Hall–Kier alpha value is -3.41. The highest BCUT2D eigenvalue weighted by molar-refractivity contribution is 7.85. The van der Waals surface area contributed by atoms with Crippen molar-refractivity contribution in [1.29, 1.82) is 0 Å². The van der Waals surface area contributed by atoms with E-state index < -0.39 is 45.2 Å². The van der Waals surface area contributed by atoms with E-state index in [0.717, 1.165) is 11.8 Å². The van der Waals surface area contributed by atoms with E-state index in [-0.39, 0.29) is 45.1 Å². The Morgan fingerprint density at radius 3 is 1.57 bits per heavy atom. The fourth-order valence-corrected chi connectivity index (χ4v) is 7.38. The zero-order valence-corrected chi connectivity index (χ0v) is 27.4. The molecule has 1 heterocycles. The summed E-state index contributed by atoms with van der Waals surface area (Å²) in [7, 11) is -3.71. The van der Waals surface area contributed by atoms with Crippen molar-refractivity contribution in [1.82, 2.24) is 0 Å². The van der Waals surface area contributed by atoms with Gasteiger partial charge in [-0.2, -0.15) is 8.42 Å². The van der Waals surface area contributed by atoms with Crippen LogP contribution < -0.4 is 0 Å². The number of rotatable bonds is 14. The molecule has 1 fully saturated rings. The van der Waals surface area contributed by atoms with Crippen molar-refractivity contribution >= 4 is 10.1 Å². The second-order valence-corrected chi connectivity index (χ2v) is 14.3. The molecular formula is C38H44O8S. The molecule has 0 radical (unpaired) electrons. The topological polar surface area (TPSA) is 134 Å². The highest BCUT2D eigenvalue weighted by Gasteiger charge is 2.71. The van der Waals surface area contributed by atoms with Gasteiger partial charge in [0.2, 0.25) is 0 Å². The summed E-state index contributed by atoms with van der Waals surface area (Å²) < 4.78 is 35.1. The van der Waals surface area contributed by atoms with Gasteiger partial charge < -0.3 is 25.2 Å². The van der Waals surface area contributed by atoms with Crippen LogP contribution in [0.15, 0.2) is 121 Å². The van der Waals surface area contributed by atoms with Crippen molar-refractivity contribution in [3.63, 3.8) is 0 Å². The Morgan fingerprint density at radius 1 is 0.681 bits per heavy atom. The first kappa shape index (κ1) is 34.9. The SMILES string of the molecule is CS(=O)(=O)OCCC[C@@H]1O[C@H](C(O)Cc2ccccc2)[C@](O)(Cc2ccccc2)[C@@](O)(Cc2ccccc2)[C@]1(O)Cc1ccccc1. The van der Waals surface area contributed by atoms with E-state index in [1.54, 1.807) is 0 Å². The van der Waals surface area contributed by atoms with Crippen molar-refractivity contribution < 1.29 is 37.8 Å². The minimum Gasteiger partial charge on any atom is -0.390 e. The highest BCUT2D eigenvalue weighted by Crippen LogP contribution is 2.51. The van der Waals surface area contributed by atoms with Gasteiger partial charge in [-0.05, 0) is 35.1 Å². The van der Waals surface area contributed by atoms with Crippen molar-refractivity contribution in [2.45, 2.75) is 73.6 Å². The van der Waals surface area contributed by atoms with Crippen LogP contribution >= 0.6 is 0 Å². The largest absolute Gasteiger partial charge is 0.390 e. The van der Waals surface area contributed by atoms with Gasteiger partial charge in [-0.3, -0.25) is 4.18 Å². The first-order valence-corrected chi connectivity index (χ1v) is 17.8. The first-order chi connectivity index (χ1) is 22.4. The molecule has 6 atom stereocenters. The van der Waals surface area contributed by atoms with Crippen LogP contribution in [0, 0.1) is 0 Å². The average molecular weight is 661 g/mol. The molecule has 8 nitrogen and oxygen atoms in total. The summed E-state index contributed by atoms with van der Waals surface area (Å²) in [5.41, 5.74) is -3.73. The second kappa shape index (κ2) is 14.8. The number of aliphatic hydroxyl groups excluding tert-OH is 1. The second-order valence-electron chi connectivity index (χ2n) is 12.7. The maximum absolute atomic E-state index is 13.3. The summed E-state index contributed by atoms with van der Waals surface area (Å²) in [6.07, 6.45) is -2.83. The Bertz CT molecular complexity index is 1660. The minimum absolute atomic E-state index is 0.0753. The molecule has 47 heavy (non-hydrogen) atoms. The molecule has 1 saturated heterocycles. The molecule has 1 aliphatic heterocycles. The Morgan fingerprint density at radius 2 is 1.11 bits per heavy atom.